The Kier molecular flexibility index (Phi) is 4.20. The van der Waals surface area contributed by atoms with E-state index in [2.05, 4.69) is 20.6 Å². The van der Waals surface area contributed by atoms with E-state index in [0.717, 1.165) is 0 Å². The monoisotopic (exact) mass is 329 g/mol. The van der Waals surface area contributed by atoms with Gasteiger partial charge in [-0.15, -0.1) is 15.3 Å². The molecular formula is C15H12ClN5O2. The molecule has 1 amide bonds. The summed E-state index contributed by atoms with van der Waals surface area (Å²) in [7, 11) is 0. The van der Waals surface area contributed by atoms with Crippen LogP contribution in [0.5, 0.6) is 5.75 Å². The Morgan fingerprint density at radius 2 is 1.91 bits per heavy atom. The van der Waals surface area contributed by atoms with Crippen LogP contribution in [0.4, 0.5) is 5.69 Å². The minimum Gasteiger partial charge on any atom is -0.372 e. The third-order valence-electron chi connectivity index (χ3n) is 3.01. The molecular weight excluding hydrogens is 318 g/mol. The molecule has 0 bridgehead atoms. The number of aromatic nitrogens is 4. The van der Waals surface area contributed by atoms with Gasteiger partial charge in [-0.05, 0) is 41.6 Å². The summed E-state index contributed by atoms with van der Waals surface area (Å²) in [5, 5.41) is 15.6. The maximum absolute atomic E-state index is 12.0. The summed E-state index contributed by atoms with van der Waals surface area (Å²) in [6, 6.07) is 13.8. The second-order valence-corrected chi connectivity index (χ2v) is 5.05. The van der Waals surface area contributed by atoms with Gasteiger partial charge >= 0.3 is 0 Å². The molecule has 2 aromatic carbocycles. The van der Waals surface area contributed by atoms with Crippen molar-refractivity contribution in [1.29, 1.82) is 0 Å². The van der Waals surface area contributed by atoms with Crippen LogP contribution < -0.4 is 9.90 Å². The lowest BCUT2D eigenvalue weighted by Gasteiger charge is -2.22. The van der Waals surface area contributed by atoms with E-state index in [1.807, 2.05) is 6.07 Å². The normalized spacial score (nSPS) is 10.3. The maximum Gasteiger partial charge on any atom is 0.256 e. The highest BCUT2D eigenvalue weighted by Gasteiger charge is 2.20. The van der Waals surface area contributed by atoms with Crippen molar-refractivity contribution in [1.82, 2.24) is 20.6 Å². The van der Waals surface area contributed by atoms with Gasteiger partial charge in [-0.3, -0.25) is 4.79 Å². The second-order valence-electron chi connectivity index (χ2n) is 4.61. The van der Waals surface area contributed by atoms with Gasteiger partial charge in [0.1, 0.15) is 0 Å². The number of carbonyl (C=O) groups excluding carboxylic acids is 1. The number of amides is 1. The molecule has 1 aromatic heterocycles. The van der Waals surface area contributed by atoms with Gasteiger partial charge in [0.15, 0.2) is 5.75 Å². The minimum absolute atomic E-state index is 0.295. The quantitative estimate of drug-likeness (QED) is 0.744. The first kappa shape index (κ1) is 15.0. The van der Waals surface area contributed by atoms with Gasteiger partial charge in [0.05, 0.1) is 11.3 Å². The Balaban J connectivity index is 1.99. The number of nitrogens with one attached hydrogen (secondary N) is 1. The molecule has 0 radical (unpaired) electrons. The van der Waals surface area contributed by atoms with Crippen molar-refractivity contribution >= 4 is 23.2 Å². The van der Waals surface area contributed by atoms with E-state index in [9.17, 15) is 4.79 Å². The van der Waals surface area contributed by atoms with E-state index in [0.29, 0.717) is 27.8 Å². The number of rotatable bonds is 4. The van der Waals surface area contributed by atoms with Crippen molar-refractivity contribution in [3.63, 3.8) is 0 Å². The summed E-state index contributed by atoms with van der Waals surface area (Å²) in [6.45, 7) is 1.41. The van der Waals surface area contributed by atoms with Gasteiger partial charge in [-0.2, -0.15) is 5.21 Å². The highest BCUT2D eigenvalue weighted by atomic mass is 35.5. The first-order valence-corrected chi connectivity index (χ1v) is 7.10. The van der Waals surface area contributed by atoms with Gasteiger partial charge in [-0.1, -0.05) is 23.7 Å². The average molecular weight is 330 g/mol. The molecule has 116 valence electrons. The van der Waals surface area contributed by atoms with E-state index in [-0.39, 0.29) is 5.91 Å². The zero-order valence-corrected chi connectivity index (χ0v) is 12.9. The zero-order chi connectivity index (χ0) is 16.2. The highest BCUT2D eigenvalue weighted by molar-refractivity contribution is 6.30. The summed E-state index contributed by atoms with van der Waals surface area (Å²) < 4.78 is 0. The number of carbonyl (C=O) groups is 1. The molecule has 1 N–H and O–H groups in total. The zero-order valence-electron chi connectivity index (χ0n) is 12.1. The molecule has 8 heteroatoms. The smallest absolute Gasteiger partial charge is 0.256 e. The van der Waals surface area contributed by atoms with Gasteiger partial charge in [0.25, 0.3) is 5.91 Å². The number of nitrogens with zero attached hydrogens (tertiary/aromatic N) is 4. The molecule has 0 unspecified atom stereocenters. The number of anilines is 1. The van der Waals surface area contributed by atoms with Gasteiger partial charge in [-0.25, -0.2) is 0 Å². The van der Waals surface area contributed by atoms with Gasteiger partial charge in [0, 0.05) is 11.9 Å². The van der Waals surface area contributed by atoms with Crippen LogP contribution in [-0.2, 0) is 4.79 Å². The summed E-state index contributed by atoms with van der Waals surface area (Å²) in [5.41, 5.74) is 1.13. The maximum atomic E-state index is 12.0. The lowest BCUT2D eigenvalue weighted by atomic mass is 10.1. The predicted molar refractivity (Wildman–Crippen MR) is 84.9 cm³/mol. The third kappa shape index (κ3) is 3.29. The standard InChI is InChI=1S/C15H12ClN5O2/c1-10(22)21(23-12-8-6-11(16)7-9-12)14-5-3-2-4-13(14)15-17-19-20-18-15/h2-9H,1H3,(H,17,18,19,20). The van der Waals surface area contributed by atoms with Crippen molar-refractivity contribution in [2.24, 2.45) is 0 Å². The van der Waals surface area contributed by atoms with Gasteiger partial charge < -0.3 is 4.84 Å². The molecule has 1 heterocycles. The van der Waals surface area contributed by atoms with Gasteiger partial charge in [0.2, 0.25) is 5.82 Å². The van der Waals surface area contributed by atoms with E-state index in [4.69, 9.17) is 16.4 Å². The molecule has 0 aliphatic carbocycles. The molecule has 0 aliphatic heterocycles. The Morgan fingerprint density at radius 1 is 1.17 bits per heavy atom. The van der Waals surface area contributed by atoms with Crippen LogP contribution in [0.2, 0.25) is 5.02 Å². The molecule has 3 aromatic rings. The van der Waals surface area contributed by atoms with E-state index in [1.165, 1.54) is 12.0 Å². The second kappa shape index (κ2) is 6.45. The third-order valence-corrected chi connectivity index (χ3v) is 3.26. The molecule has 3 rings (SSSR count). The number of hydrogen-bond donors (Lipinski definition) is 1. The van der Waals surface area contributed by atoms with Crippen molar-refractivity contribution in [3.05, 3.63) is 53.6 Å². The number of halogens is 1. The number of tetrazole rings is 1. The van der Waals surface area contributed by atoms with E-state index < -0.39 is 0 Å². The van der Waals surface area contributed by atoms with Crippen LogP contribution in [-0.4, -0.2) is 26.5 Å². The Morgan fingerprint density at radius 3 is 2.57 bits per heavy atom. The number of benzene rings is 2. The Hall–Kier alpha value is -2.93. The summed E-state index contributed by atoms with van der Waals surface area (Å²) in [6.07, 6.45) is 0. The number of hydroxylamine groups is 1. The topological polar surface area (TPSA) is 84.0 Å². The average Bonchev–Trinajstić information content (AvgIpc) is 3.08. The van der Waals surface area contributed by atoms with Crippen LogP contribution in [0, 0.1) is 0 Å². The molecule has 0 saturated heterocycles. The molecule has 0 atom stereocenters. The van der Waals surface area contributed by atoms with Crippen LogP contribution in [0.3, 0.4) is 0 Å². The lowest BCUT2D eigenvalue weighted by molar-refractivity contribution is -0.120. The van der Waals surface area contributed by atoms with Crippen LogP contribution >= 0.6 is 11.6 Å². The van der Waals surface area contributed by atoms with Crippen molar-refractivity contribution in [3.8, 4) is 17.1 Å². The highest BCUT2D eigenvalue weighted by Crippen LogP contribution is 2.29. The molecule has 0 spiro atoms. The largest absolute Gasteiger partial charge is 0.372 e. The van der Waals surface area contributed by atoms with Crippen LogP contribution in [0.1, 0.15) is 6.92 Å². The van der Waals surface area contributed by atoms with Crippen molar-refractivity contribution < 1.29 is 9.63 Å². The fourth-order valence-corrected chi connectivity index (χ4v) is 2.13. The lowest BCUT2D eigenvalue weighted by Crippen LogP contribution is -2.32. The van der Waals surface area contributed by atoms with E-state index >= 15 is 0 Å². The summed E-state index contributed by atoms with van der Waals surface area (Å²) >= 11 is 5.86. The number of para-hydroxylation sites is 1. The van der Waals surface area contributed by atoms with Crippen LogP contribution in [0.25, 0.3) is 11.4 Å². The van der Waals surface area contributed by atoms with Crippen LogP contribution in [0.15, 0.2) is 48.5 Å². The minimum atomic E-state index is -0.295. The summed E-state index contributed by atoms with van der Waals surface area (Å²) in [4.78, 5) is 17.7. The fourth-order valence-electron chi connectivity index (χ4n) is 2.00. The summed E-state index contributed by atoms with van der Waals surface area (Å²) in [5.74, 6) is 0.551. The molecule has 0 aliphatic rings. The first-order chi connectivity index (χ1) is 11.1. The fraction of sp³-hybridized carbons (Fsp3) is 0.0667. The SMILES string of the molecule is CC(=O)N(Oc1ccc(Cl)cc1)c1ccccc1-c1nn[nH]n1. The van der Waals surface area contributed by atoms with Crippen molar-refractivity contribution in [2.45, 2.75) is 6.92 Å². The molecule has 23 heavy (non-hydrogen) atoms. The number of hydrogen-bond acceptors (Lipinski definition) is 5. The molecule has 0 fully saturated rings. The van der Waals surface area contributed by atoms with Crippen molar-refractivity contribution in [2.75, 3.05) is 5.06 Å². The Labute approximate surface area is 136 Å². The molecule has 7 nitrogen and oxygen atoms in total. The predicted octanol–water partition coefficient (Wildman–Crippen LogP) is 2.87. The Bertz CT molecular complexity index is 805. The number of H-pyrrole nitrogens is 1. The molecule has 0 saturated carbocycles. The first-order valence-electron chi connectivity index (χ1n) is 6.72. The number of aromatic amines is 1. The van der Waals surface area contributed by atoms with E-state index in [1.54, 1.807) is 42.5 Å².